The van der Waals surface area contributed by atoms with Gasteiger partial charge >= 0.3 is 0 Å². The first-order valence-corrected chi connectivity index (χ1v) is 7.03. The van der Waals surface area contributed by atoms with Gasteiger partial charge in [-0.25, -0.2) is 0 Å². The molecular formula is C15H14Cl2N4O. The summed E-state index contributed by atoms with van der Waals surface area (Å²) in [5, 5.41) is 22.7. The normalized spacial score (nSPS) is 9.91. The highest BCUT2D eigenvalue weighted by Crippen LogP contribution is 2.21. The zero-order valence-electron chi connectivity index (χ0n) is 12.2. The number of rotatable bonds is 6. The second kappa shape index (κ2) is 8.94. The molecule has 0 amide bonds. The van der Waals surface area contributed by atoms with Crippen molar-refractivity contribution in [2.45, 2.75) is 13.0 Å². The van der Waals surface area contributed by atoms with Crippen LogP contribution in [0.3, 0.4) is 0 Å². The fourth-order valence-corrected chi connectivity index (χ4v) is 2.05. The fourth-order valence-electron chi connectivity index (χ4n) is 1.58. The lowest BCUT2D eigenvalue weighted by Gasteiger charge is -2.14. The monoisotopic (exact) mass is 336 g/mol. The van der Waals surface area contributed by atoms with E-state index >= 15 is 0 Å². The average molecular weight is 337 g/mol. The molecule has 0 aliphatic carbocycles. The van der Waals surface area contributed by atoms with Crippen LogP contribution in [-0.4, -0.2) is 25.2 Å². The van der Waals surface area contributed by atoms with Gasteiger partial charge in [0.2, 0.25) is 0 Å². The zero-order chi connectivity index (χ0) is 16.5. The predicted octanol–water partition coefficient (Wildman–Crippen LogP) is 3.75. The Labute approximate surface area is 139 Å². The summed E-state index contributed by atoms with van der Waals surface area (Å²) in [7, 11) is 3.51. The number of nitrogens with zero attached hydrogens (tertiary/aromatic N) is 4. The number of halogens is 2. The van der Waals surface area contributed by atoms with Crippen molar-refractivity contribution in [2.24, 2.45) is 5.16 Å². The third-order valence-corrected chi connectivity index (χ3v) is 3.31. The van der Waals surface area contributed by atoms with Gasteiger partial charge in [0.1, 0.15) is 24.3 Å². The Morgan fingerprint density at radius 3 is 2.55 bits per heavy atom. The molecule has 0 N–H and O–H groups in total. The molecular weight excluding hydrogens is 323 g/mol. The molecule has 0 bridgehead atoms. The van der Waals surface area contributed by atoms with Crippen molar-refractivity contribution in [3.63, 3.8) is 0 Å². The van der Waals surface area contributed by atoms with Crippen LogP contribution in [0.4, 0.5) is 0 Å². The summed E-state index contributed by atoms with van der Waals surface area (Å²) in [6.07, 6.45) is 1.81. The van der Waals surface area contributed by atoms with E-state index in [2.05, 4.69) is 5.16 Å². The summed E-state index contributed by atoms with van der Waals surface area (Å²) in [6, 6.07) is 8.82. The van der Waals surface area contributed by atoms with Crippen LogP contribution in [0.15, 0.2) is 34.6 Å². The van der Waals surface area contributed by atoms with Gasteiger partial charge in [-0.3, -0.25) is 0 Å². The standard InChI is InChI=1S/C15H14Cl2N4O/c1-21(2)15(12(8-18)9-19)5-6-20-22-10-11-3-4-13(16)7-14(11)17/h3-4,6-7H,5,10H2,1-2H3. The van der Waals surface area contributed by atoms with Crippen molar-refractivity contribution >= 4 is 29.4 Å². The maximum Gasteiger partial charge on any atom is 0.149 e. The van der Waals surface area contributed by atoms with Gasteiger partial charge in [-0.05, 0) is 12.1 Å². The summed E-state index contributed by atoms with van der Waals surface area (Å²) in [6.45, 7) is 0.205. The van der Waals surface area contributed by atoms with Gasteiger partial charge in [0.25, 0.3) is 0 Å². The van der Waals surface area contributed by atoms with Crippen molar-refractivity contribution in [3.05, 3.63) is 45.1 Å². The van der Waals surface area contributed by atoms with Crippen molar-refractivity contribution in [3.8, 4) is 12.1 Å². The van der Waals surface area contributed by atoms with Crippen LogP contribution in [-0.2, 0) is 11.4 Å². The van der Waals surface area contributed by atoms with Gasteiger partial charge in [-0.15, -0.1) is 0 Å². The number of hydrogen-bond donors (Lipinski definition) is 0. The SMILES string of the molecule is CN(C)C(CC=NOCc1ccc(Cl)cc1Cl)=C(C#N)C#N. The van der Waals surface area contributed by atoms with Crippen molar-refractivity contribution in [1.29, 1.82) is 10.5 Å². The van der Waals surface area contributed by atoms with E-state index in [4.69, 9.17) is 38.6 Å². The summed E-state index contributed by atoms with van der Waals surface area (Å²) in [4.78, 5) is 6.85. The van der Waals surface area contributed by atoms with E-state index in [9.17, 15) is 0 Å². The summed E-state index contributed by atoms with van der Waals surface area (Å²) in [5.74, 6) is 0. The molecule has 0 aliphatic rings. The smallest absolute Gasteiger partial charge is 0.149 e. The van der Waals surface area contributed by atoms with E-state index in [1.807, 2.05) is 12.1 Å². The fraction of sp³-hybridized carbons (Fsp3) is 0.267. The Morgan fingerprint density at radius 1 is 1.32 bits per heavy atom. The van der Waals surface area contributed by atoms with E-state index in [0.29, 0.717) is 22.2 Å². The molecule has 0 heterocycles. The van der Waals surface area contributed by atoms with Gasteiger partial charge in [0, 0.05) is 48.0 Å². The molecule has 7 heteroatoms. The molecule has 0 aromatic heterocycles. The van der Waals surface area contributed by atoms with Crippen LogP contribution in [0.1, 0.15) is 12.0 Å². The number of benzene rings is 1. The third kappa shape index (κ3) is 5.29. The first-order chi connectivity index (χ1) is 10.5. The van der Waals surface area contributed by atoms with Gasteiger partial charge in [0.05, 0.1) is 0 Å². The maximum absolute atomic E-state index is 8.89. The van der Waals surface area contributed by atoms with Crippen LogP contribution in [0.25, 0.3) is 0 Å². The summed E-state index contributed by atoms with van der Waals surface area (Å²) < 4.78 is 0. The van der Waals surface area contributed by atoms with Crippen LogP contribution >= 0.6 is 23.2 Å². The van der Waals surface area contributed by atoms with E-state index in [1.165, 1.54) is 6.21 Å². The molecule has 0 spiro atoms. The van der Waals surface area contributed by atoms with E-state index in [1.54, 1.807) is 37.2 Å². The summed E-state index contributed by atoms with van der Waals surface area (Å²) >= 11 is 11.8. The first kappa shape index (κ1) is 17.8. The summed E-state index contributed by atoms with van der Waals surface area (Å²) in [5.41, 5.74) is 1.39. The minimum Gasteiger partial charge on any atom is -0.391 e. The predicted molar refractivity (Wildman–Crippen MR) is 86.3 cm³/mol. The molecule has 1 aromatic rings. The Bertz CT molecular complexity index is 653. The first-order valence-electron chi connectivity index (χ1n) is 6.28. The second-order valence-electron chi connectivity index (χ2n) is 4.44. The Hall–Kier alpha value is -2.21. The molecule has 1 rings (SSSR count). The molecule has 0 fully saturated rings. The Morgan fingerprint density at radius 2 is 2.00 bits per heavy atom. The van der Waals surface area contributed by atoms with Gasteiger partial charge in [0.15, 0.2) is 0 Å². The quantitative estimate of drug-likeness (QED) is 0.450. The van der Waals surface area contributed by atoms with Crippen molar-refractivity contribution in [2.75, 3.05) is 14.1 Å². The minimum absolute atomic E-state index is 0.0530. The highest BCUT2D eigenvalue weighted by atomic mass is 35.5. The third-order valence-electron chi connectivity index (χ3n) is 2.72. The maximum atomic E-state index is 8.89. The molecule has 114 valence electrons. The van der Waals surface area contributed by atoms with E-state index in [0.717, 1.165) is 5.56 Å². The molecule has 0 saturated carbocycles. The molecule has 0 unspecified atom stereocenters. The second-order valence-corrected chi connectivity index (χ2v) is 5.28. The van der Waals surface area contributed by atoms with Crippen LogP contribution in [0.5, 0.6) is 0 Å². The van der Waals surface area contributed by atoms with Crippen LogP contribution < -0.4 is 0 Å². The van der Waals surface area contributed by atoms with E-state index in [-0.39, 0.29) is 12.2 Å². The number of oxime groups is 1. The topological polar surface area (TPSA) is 72.4 Å². The van der Waals surface area contributed by atoms with Gasteiger partial charge < -0.3 is 9.74 Å². The molecule has 0 aliphatic heterocycles. The highest BCUT2D eigenvalue weighted by molar-refractivity contribution is 6.35. The van der Waals surface area contributed by atoms with Gasteiger partial charge in [-0.2, -0.15) is 10.5 Å². The molecule has 0 saturated heterocycles. The van der Waals surface area contributed by atoms with Crippen molar-refractivity contribution < 1.29 is 4.84 Å². The molecule has 0 atom stereocenters. The molecule has 22 heavy (non-hydrogen) atoms. The number of allylic oxidation sites excluding steroid dienone is 2. The number of nitriles is 2. The Kier molecular flexibility index (Phi) is 7.25. The largest absolute Gasteiger partial charge is 0.391 e. The number of hydrogen-bond acceptors (Lipinski definition) is 5. The lowest BCUT2D eigenvalue weighted by molar-refractivity contribution is 0.131. The average Bonchev–Trinajstić information content (AvgIpc) is 2.47. The zero-order valence-corrected chi connectivity index (χ0v) is 13.7. The molecule has 0 radical (unpaired) electrons. The highest BCUT2D eigenvalue weighted by Gasteiger charge is 2.07. The lowest BCUT2D eigenvalue weighted by Crippen LogP contribution is -2.13. The van der Waals surface area contributed by atoms with Gasteiger partial charge in [-0.1, -0.05) is 34.4 Å². The van der Waals surface area contributed by atoms with E-state index < -0.39 is 0 Å². The molecule has 1 aromatic carbocycles. The van der Waals surface area contributed by atoms with Crippen LogP contribution in [0, 0.1) is 22.7 Å². The van der Waals surface area contributed by atoms with Crippen LogP contribution in [0.2, 0.25) is 10.0 Å². The Balaban J connectivity index is 2.62. The minimum atomic E-state index is 0.0530. The van der Waals surface area contributed by atoms with Crippen molar-refractivity contribution in [1.82, 2.24) is 4.90 Å². The molecule has 5 nitrogen and oxygen atoms in total. The lowest BCUT2D eigenvalue weighted by atomic mass is 10.2.